The number of rotatable bonds is 3. The van der Waals surface area contributed by atoms with Gasteiger partial charge in [0.1, 0.15) is 18.2 Å². The lowest BCUT2D eigenvalue weighted by Crippen LogP contribution is -2.58. The van der Waals surface area contributed by atoms with E-state index < -0.39 is 0 Å². The van der Waals surface area contributed by atoms with Gasteiger partial charge in [0.2, 0.25) is 11.8 Å². The molecule has 1 N–H and O–H groups in total. The minimum atomic E-state index is -0.253. The number of hydrogen-bond acceptors (Lipinski definition) is 6. The Kier molecular flexibility index (Phi) is 4.39. The maximum atomic E-state index is 12.3. The van der Waals surface area contributed by atoms with Crippen LogP contribution in [0.4, 0.5) is 5.82 Å². The molecule has 2 rings (SSSR count). The Hall–Kier alpha value is -1.89. The minimum absolute atomic E-state index is 0.0641. The van der Waals surface area contributed by atoms with Crippen LogP contribution in [-0.4, -0.2) is 67.7 Å². The van der Waals surface area contributed by atoms with Crippen LogP contribution in [0.3, 0.4) is 0 Å². The molecular weight excluding hydrogens is 258 g/mol. The number of hydrogen-bond donors (Lipinski definition) is 1. The Balaban J connectivity index is 2.35. The molecule has 1 saturated heterocycles. The Bertz CT molecular complexity index is 492. The maximum Gasteiger partial charge on any atom is 0.246 e. The highest BCUT2D eigenvalue weighted by Crippen LogP contribution is 2.26. The Morgan fingerprint density at radius 3 is 2.90 bits per heavy atom. The number of ether oxygens (including phenoxy) is 1. The van der Waals surface area contributed by atoms with Crippen molar-refractivity contribution >= 4 is 11.7 Å². The molecule has 20 heavy (non-hydrogen) atoms. The lowest BCUT2D eigenvalue weighted by atomic mass is 10.1. The summed E-state index contributed by atoms with van der Waals surface area (Å²) in [5.74, 6) is 1.37. The van der Waals surface area contributed by atoms with Crippen LogP contribution in [0.15, 0.2) is 6.33 Å². The van der Waals surface area contributed by atoms with Crippen molar-refractivity contribution < 1.29 is 9.53 Å². The van der Waals surface area contributed by atoms with Gasteiger partial charge in [-0.2, -0.15) is 0 Å². The average Bonchev–Trinajstić information content (AvgIpc) is 2.46. The van der Waals surface area contributed by atoms with E-state index in [0.717, 1.165) is 24.5 Å². The maximum absolute atomic E-state index is 12.3. The van der Waals surface area contributed by atoms with Gasteiger partial charge < -0.3 is 19.9 Å². The molecule has 2 heterocycles. The van der Waals surface area contributed by atoms with Crippen LogP contribution >= 0.6 is 0 Å². The van der Waals surface area contributed by atoms with Crippen molar-refractivity contribution in [2.45, 2.75) is 13.0 Å². The predicted molar refractivity (Wildman–Crippen MR) is 76.0 cm³/mol. The summed E-state index contributed by atoms with van der Waals surface area (Å²) in [6, 6.07) is -0.253. The number of nitrogens with zero attached hydrogens (tertiary/aromatic N) is 4. The number of nitrogens with one attached hydrogen (secondary N) is 1. The van der Waals surface area contributed by atoms with E-state index in [9.17, 15) is 4.79 Å². The number of methoxy groups -OCH3 is 1. The van der Waals surface area contributed by atoms with Crippen molar-refractivity contribution in [1.29, 1.82) is 0 Å². The zero-order chi connectivity index (χ0) is 14.7. The molecule has 1 aromatic rings. The second kappa shape index (κ2) is 6.04. The largest absolute Gasteiger partial charge is 0.481 e. The summed E-state index contributed by atoms with van der Waals surface area (Å²) in [7, 11) is 5.12. The van der Waals surface area contributed by atoms with Gasteiger partial charge in [-0.15, -0.1) is 0 Å². The molecule has 0 spiro atoms. The van der Waals surface area contributed by atoms with Crippen molar-refractivity contribution in [2.24, 2.45) is 0 Å². The predicted octanol–water partition coefficient (Wildman–Crippen LogP) is -0.340. The summed E-state index contributed by atoms with van der Waals surface area (Å²) >= 11 is 0. The third-order valence-electron chi connectivity index (χ3n) is 3.45. The molecule has 7 heteroatoms. The average molecular weight is 279 g/mol. The van der Waals surface area contributed by atoms with Crippen molar-refractivity contribution in [3.05, 3.63) is 11.9 Å². The lowest BCUT2D eigenvalue weighted by molar-refractivity contribution is -0.130. The number of carbonyl (C=O) groups excluding carboxylic acids is 1. The summed E-state index contributed by atoms with van der Waals surface area (Å²) in [5, 5.41) is 3.25. The molecular formula is C13H21N5O2. The monoisotopic (exact) mass is 279 g/mol. The van der Waals surface area contributed by atoms with E-state index in [4.69, 9.17) is 4.74 Å². The van der Waals surface area contributed by atoms with Crippen LogP contribution in [-0.2, 0) is 4.79 Å². The summed E-state index contributed by atoms with van der Waals surface area (Å²) in [6.45, 7) is 4.07. The fourth-order valence-corrected chi connectivity index (χ4v) is 2.40. The van der Waals surface area contributed by atoms with Crippen LogP contribution in [0.2, 0.25) is 0 Å². The molecule has 7 nitrogen and oxygen atoms in total. The van der Waals surface area contributed by atoms with Crippen LogP contribution in [0, 0.1) is 6.92 Å². The van der Waals surface area contributed by atoms with Crippen LogP contribution in [0.1, 0.15) is 5.56 Å². The normalized spacial score (nSPS) is 18.8. The zero-order valence-corrected chi connectivity index (χ0v) is 12.4. The molecule has 1 amide bonds. The van der Waals surface area contributed by atoms with Gasteiger partial charge in [-0.3, -0.25) is 4.79 Å². The molecule has 0 bridgehead atoms. The molecule has 0 saturated carbocycles. The van der Waals surface area contributed by atoms with Gasteiger partial charge in [-0.05, 0) is 6.92 Å². The molecule has 1 aliphatic heterocycles. The van der Waals surface area contributed by atoms with E-state index >= 15 is 0 Å². The fraction of sp³-hybridized carbons (Fsp3) is 0.615. The van der Waals surface area contributed by atoms with E-state index in [1.54, 1.807) is 26.1 Å². The third kappa shape index (κ3) is 2.67. The molecule has 1 atom stereocenters. The van der Waals surface area contributed by atoms with Crippen molar-refractivity contribution in [3.63, 3.8) is 0 Å². The second-order valence-electron chi connectivity index (χ2n) is 4.98. The van der Waals surface area contributed by atoms with Gasteiger partial charge in [-0.25, -0.2) is 9.97 Å². The molecule has 1 unspecified atom stereocenters. The van der Waals surface area contributed by atoms with Gasteiger partial charge in [0, 0.05) is 33.7 Å². The van der Waals surface area contributed by atoms with Gasteiger partial charge in [0.25, 0.3) is 0 Å². The number of piperazine rings is 1. The molecule has 110 valence electrons. The summed E-state index contributed by atoms with van der Waals surface area (Å²) < 4.78 is 5.23. The van der Waals surface area contributed by atoms with Crippen LogP contribution < -0.4 is 15.0 Å². The summed E-state index contributed by atoms with van der Waals surface area (Å²) in [5.41, 5.74) is 0.855. The Labute approximate surface area is 118 Å². The second-order valence-corrected chi connectivity index (χ2v) is 4.98. The van der Waals surface area contributed by atoms with E-state index in [2.05, 4.69) is 15.3 Å². The van der Waals surface area contributed by atoms with E-state index in [1.165, 1.54) is 6.33 Å². The smallest absolute Gasteiger partial charge is 0.246 e. The minimum Gasteiger partial charge on any atom is -0.481 e. The Morgan fingerprint density at radius 2 is 2.25 bits per heavy atom. The number of likely N-dealkylation sites (N-methyl/N-ethyl adjacent to an activating group) is 1. The molecule has 1 aromatic heterocycles. The summed E-state index contributed by atoms with van der Waals surface area (Å²) in [6.07, 6.45) is 1.47. The van der Waals surface area contributed by atoms with Crippen molar-refractivity contribution in [1.82, 2.24) is 20.2 Å². The van der Waals surface area contributed by atoms with Crippen molar-refractivity contribution in [2.75, 3.05) is 45.7 Å². The van der Waals surface area contributed by atoms with E-state index in [-0.39, 0.29) is 11.9 Å². The zero-order valence-electron chi connectivity index (χ0n) is 12.4. The van der Waals surface area contributed by atoms with E-state index in [1.807, 2.05) is 11.8 Å². The quantitative estimate of drug-likeness (QED) is 0.816. The molecule has 0 radical (unpaired) electrons. The van der Waals surface area contributed by atoms with Crippen LogP contribution in [0.5, 0.6) is 5.88 Å². The highest BCUT2D eigenvalue weighted by Gasteiger charge is 2.32. The number of amides is 1. The SMILES string of the molecule is COc1ncnc(N2CCNCC2C(=O)N(C)C)c1C. The number of anilines is 1. The number of aromatic nitrogens is 2. The topological polar surface area (TPSA) is 70.6 Å². The first-order valence-corrected chi connectivity index (χ1v) is 6.60. The van der Waals surface area contributed by atoms with Gasteiger partial charge in [0.05, 0.1) is 12.7 Å². The molecule has 0 aliphatic carbocycles. The van der Waals surface area contributed by atoms with Crippen LogP contribution in [0.25, 0.3) is 0 Å². The first kappa shape index (κ1) is 14.5. The molecule has 1 fully saturated rings. The first-order valence-electron chi connectivity index (χ1n) is 6.60. The molecule has 0 aromatic carbocycles. The third-order valence-corrected chi connectivity index (χ3v) is 3.45. The van der Waals surface area contributed by atoms with Gasteiger partial charge >= 0.3 is 0 Å². The Morgan fingerprint density at radius 1 is 1.50 bits per heavy atom. The lowest BCUT2D eigenvalue weighted by Gasteiger charge is -2.37. The van der Waals surface area contributed by atoms with E-state index in [0.29, 0.717) is 12.4 Å². The standard InChI is InChI=1S/C13H21N5O2/c1-9-11(15-8-16-12(9)20-4)18-6-5-14-7-10(18)13(19)17(2)3/h8,10,14H,5-7H2,1-4H3. The summed E-state index contributed by atoms with van der Waals surface area (Å²) in [4.78, 5) is 24.4. The highest BCUT2D eigenvalue weighted by molar-refractivity contribution is 5.85. The van der Waals surface area contributed by atoms with Crippen molar-refractivity contribution in [3.8, 4) is 5.88 Å². The molecule has 1 aliphatic rings. The van der Waals surface area contributed by atoms with Gasteiger partial charge in [-0.1, -0.05) is 0 Å². The fourth-order valence-electron chi connectivity index (χ4n) is 2.40. The highest BCUT2D eigenvalue weighted by atomic mass is 16.5. The number of carbonyl (C=O) groups is 1. The first-order chi connectivity index (χ1) is 9.56. The van der Waals surface area contributed by atoms with Gasteiger partial charge in [0.15, 0.2) is 0 Å².